The van der Waals surface area contributed by atoms with Crippen LogP contribution < -0.4 is 5.73 Å². The average molecular weight is 433 g/mol. The normalized spacial score (nSPS) is 12.3. The molecule has 0 unspecified atom stereocenters. The summed E-state index contributed by atoms with van der Waals surface area (Å²) >= 11 is 3.96. The lowest BCUT2D eigenvalue weighted by atomic mass is 10.1. The van der Waals surface area contributed by atoms with E-state index in [0.717, 1.165) is 0 Å². The van der Waals surface area contributed by atoms with E-state index in [2.05, 4.69) is 4.74 Å². The summed E-state index contributed by atoms with van der Waals surface area (Å²) in [6, 6.07) is 2.52. The number of carbonyl (C=O) groups excluding carboxylic acids is 1. The zero-order chi connectivity index (χ0) is 11.6. The summed E-state index contributed by atoms with van der Waals surface area (Å²) in [5, 5.41) is 9.54. The summed E-state index contributed by atoms with van der Waals surface area (Å²) in [4.78, 5) is 11.2. The van der Waals surface area contributed by atoms with E-state index in [9.17, 15) is 9.90 Å². The van der Waals surface area contributed by atoms with Crippen LogP contribution in [0.3, 0.4) is 0 Å². The topological polar surface area (TPSA) is 72.5 Å². The molecule has 3 N–H and O–H groups in total. The molecule has 0 saturated carbocycles. The smallest absolute Gasteiger partial charge is 0.327 e. The molecule has 0 saturated heterocycles. The third-order valence-corrected chi connectivity index (χ3v) is 3.50. The van der Waals surface area contributed by atoms with Gasteiger partial charge in [-0.1, -0.05) is 0 Å². The van der Waals surface area contributed by atoms with Gasteiger partial charge in [0.1, 0.15) is 11.8 Å². The second-order valence-electron chi connectivity index (χ2n) is 2.83. The minimum Gasteiger partial charge on any atom is -0.506 e. The maximum Gasteiger partial charge on any atom is 0.327 e. The van der Waals surface area contributed by atoms with Crippen molar-refractivity contribution in [3.8, 4) is 5.75 Å². The van der Waals surface area contributed by atoms with Crippen LogP contribution in [-0.4, -0.2) is 18.2 Å². The Morgan fingerprint density at radius 1 is 1.47 bits per heavy atom. The minimum atomic E-state index is -0.808. The number of nitrogens with two attached hydrogens (primary N) is 1. The van der Waals surface area contributed by atoms with E-state index in [1.807, 2.05) is 45.2 Å². The van der Waals surface area contributed by atoms with E-state index in [1.165, 1.54) is 7.11 Å². The highest BCUT2D eigenvalue weighted by Gasteiger charge is 2.18. The standard InChI is InChI=1S/C9H9I2NO3/c1-15-9(14)7(12)4-2-5(10)8(13)6(11)3-4/h2-3,7,13H,12H2,1H3/t7-/m0/s1. The Labute approximate surface area is 114 Å². The fourth-order valence-corrected chi connectivity index (χ4v) is 2.84. The number of benzene rings is 1. The lowest BCUT2D eigenvalue weighted by Gasteiger charge is -2.11. The molecule has 1 rings (SSSR count). The molecule has 1 aromatic carbocycles. The summed E-state index contributed by atoms with van der Waals surface area (Å²) in [7, 11) is 1.29. The van der Waals surface area contributed by atoms with E-state index in [4.69, 9.17) is 5.73 Å². The number of phenolic OH excluding ortho intramolecular Hbond substituents is 1. The first kappa shape index (κ1) is 13.0. The predicted octanol–water partition coefficient (Wildman–Crippen LogP) is 1.77. The molecule has 0 aromatic heterocycles. The largest absolute Gasteiger partial charge is 0.506 e. The molecule has 6 heteroatoms. The van der Waals surface area contributed by atoms with Crippen molar-refractivity contribution in [3.05, 3.63) is 24.8 Å². The van der Waals surface area contributed by atoms with Gasteiger partial charge in [-0.3, -0.25) is 4.79 Å². The third kappa shape index (κ3) is 2.94. The summed E-state index contributed by atoms with van der Waals surface area (Å²) in [6.45, 7) is 0. The maximum absolute atomic E-state index is 11.2. The lowest BCUT2D eigenvalue weighted by Crippen LogP contribution is -2.22. The molecule has 82 valence electrons. The van der Waals surface area contributed by atoms with E-state index in [1.54, 1.807) is 12.1 Å². The highest BCUT2D eigenvalue weighted by atomic mass is 127. The molecule has 0 radical (unpaired) electrons. The number of methoxy groups -OCH3 is 1. The molecule has 0 aliphatic heterocycles. The van der Waals surface area contributed by atoms with E-state index in [0.29, 0.717) is 12.7 Å². The Bertz CT molecular complexity index is 372. The van der Waals surface area contributed by atoms with Gasteiger partial charge in [-0.2, -0.15) is 0 Å². The Morgan fingerprint density at radius 3 is 2.33 bits per heavy atom. The van der Waals surface area contributed by atoms with Crippen LogP contribution >= 0.6 is 45.2 Å². The number of hydrogen-bond donors (Lipinski definition) is 2. The van der Waals surface area contributed by atoms with Crippen LogP contribution in [0.15, 0.2) is 12.1 Å². The van der Waals surface area contributed by atoms with Crippen LogP contribution in [0.4, 0.5) is 0 Å². The van der Waals surface area contributed by atoms with Crippen molar-refractivity contribution in [2.75, 3.05) is 7.11 Å². The second-order valence-corrected chi connectivity index (χ2v) is 5.16. The quantitative estimate of drug-likeness (QED) is 0.552. The Balaban J connectivity index is 3.11. The SMILES string of the molecule is COC(=O)[C@@H](N)c1cc(I)c(O)c(I)c1. The van der Waals surface area contributed by atoms with Crippen LogP contribution in [-0.2, 0) is 9.53 Å². The summed E-state index contributed by atoms with van der Waals surface area (Å²) in [6.07, 6.45) is 0. The van der Waals surface area contributed by atoms with Gasteiger partial charge in [0.15, 0.2) is 0 Å². The molecular formula is C9H9I2NO3. The molecule has 0 amide bonds. The highest BCUT2D eigenvalue weighted by molar-refractivity contribution is 14.1. The van der Waals surface area contributed by atoms with Crippen molar-refractivity contribution in [1.29, 1.82) is 0 Å². The summed E-state index contributed by atoms with van der Waals surface area (Å²) in [5.41, 5.74) is 6.31. The number of esters is 1. The van der Waals surface area contributed by atoms with Gasteiger partial charge in [0.05, 0.1) is 14.3 Å². The number of rotatable bonds is 2. The van der Waals surface area contributed by atoms with Gasteiger partial charge in [0.2, 0.25) is 0 Å². The predicted molar refractivity (Wildman–Crippen MR) is 72.5 cm³/mol. The summed E-state index contributed by atoms with van der Waals surface area (Å²) < 4.78 is 5.87. The Hall–Kier alpha value is -0.0900. The van der Waals surface area contributed by atoms with E-state index in [-0.39, 0.29) is 5.75 Å². The van der Waals surface area contributed by atoms with Gasteiger partial charge < -0.3 is 15.6 Å². The number of hydrogen-bond acceptors (Lipinski definition) is 4. The molecule has 4 nitrogen and oxygen atoms in total. The fraction of sp³-hybridized carbons (Fsp3) is 0.222. The van der Waals surface area contributed by atoms with E-state index >= 15 is 0 Å². The van der Waals surface area contributed by atoms with Crippen LogP contribution in [0.2, 0.25) is 0 Å². The number of phenols is 1. The van der Waals surface area contributed by atoms with Gasteiger partial charge in [-0.25, -0.2) is 0 Å². The van der Waals surface area contributed by atoms with Crippen molar-refractivity contribution < 1.29 is 14.6 Å². The number of ether oxygens (including phenoxy) is 1. The van der Waals surface area contributed by atoms with Gasteiger partial charge in [-0.15, -0.1) is 0 Å². The van der Waals surface area contributed by atoms with Crippen molar-refractivity contribution in [1.82, 2.24) is 0 Å². The molecule has 0 aliphatic rings. The van der Waals surface area contributed by atoms with E-state index < -0.39 is 12.0 Å². The first-order valence-corrected chi connectivity index (χ1v) is 6.14. The molecular weight excluding hydrogens is 424 g/mol. The van der Waals surface area contributed by atoms with Crippen molar-refractivity contribution in [3.63, 3.8) is 0 Å². The number of halogens is 2. The molecule has 15 heavy (non-hydrogen) atoms. The van der Waals surface area contributed by atoms with Crippen molar-refractivity contribution >= 4 is 51.2 Å². The lowest BCUT2D eigenvalue weighted by molar-refractivity contribution is -0.142. The molecule has 0 fully saturated rings. The fourth-order valence-electron chi connectivity index (χ4n) is 1.03. The Morgan fingerprint density at radius 2 is 1.93 bits per heavy atom. The van der Waals surface area contributed by atoms with Crippen LogP contribution in [0.1, 0.15) is 11.6 Å². The van der Waals surface area contributed by atoms with Crippen LogP contribution in [0, 0.1) is 7.14 Å². The van der Waals surface area contributed by atoms with Gasteiger partial charge in [0.25, 0.3) is 0 Å². The Kier molecular flexibility index (Phi) is 4.59. The minimum absolute atomic E-state index is 0.206. The first-order valence-electron chi connectivity index (χ1n) is 3.98. The van der Waals surface area contributed by atoms with Gasteiger partial charge in [0, 0.05) is 0 Å². The molecule has 0 spiro atoms. The van der Waals surface area contributed by atoms with Gasteiger partial charge in [-0.05, 0) is 62.9 Å². The van der Waals surface area contributed by atoms with Crippen LogP contribution in [0.5, 0.6) is 5.75 Å². The van der Waals surface area contributed by atoms with Crippen molar-refractivity contribution in [2.24, 2.45) is 5.73 Å². The average Bonchev–Trinajstić information content (AvgIpc) is 2.23. The highest BCUT2D eigenvalue weighted by Crippen LogP contribution is 2.29. The van der Waals surface area contributed by atoms with Crippen molar-refractivity contribution in [2.45, 2.75) is 6.04 Å². The van der Waals surface area contributed by atoms with Gasteiger partial charge >= 0.3 is 5.97 Å². The summed E-state index contributed by atoms with van der Waals surface area (Å²) in [5.74, 6) is -0.288. The molecule has 1 aromatic rings. The van der Waals surface area contributed by atoms with Crippen LogP contribution in [0.25, 0.3) is 0 Å². The molecule has 0 heterocycles. The third-order valence-electron chi connectivity index (χ3n) is 1.85. The zero-order valence-electron chi connectivity index (χ0n) is 7.83. The molecule has 1 atom stereocenters. The number of carbonyl (C=O) groups is 1. The number of aromatic hydroxyl groups is 1. The molecule has 0 bridgehead atoms. The zero-order valence-corrected chi connectivity index (χ0v) is 12.1. The second kappa shape index (κ2) is 5.30. The molecule has 0 aliphatic carbocycles. The monoisotopic (exact) mass is 433 g/mol. The first-order chi connectivity index (χ1) is 6.97. The maximum atomic E-state index is 11.2.